The van der Waals surface area contributed by atoms with Crippen molar-refractivity contribution in [2.45, 2.75) is 19.4 Å². The molecule has 0 unspecified atom stereocenters. The van der Waals surface area contributed by atoms with Crippen LogP contribution in [0.4, 0.5) is 4.39 Å². The van der Waals surface area contributed by atoms with Crippen LogP contribution in [0, 0.1) is 17.1 Å². The van der Waals surface area contributed by atoms with Crippen LogP contribution in [0.25, 0.3) is 0 Å². The molecule has 23 heavy (non-hydrogen) atoms. The summed E-state index contributed by atoms with van der Waals surface area (Å²) in [6.45, 7) is 2.11. The highest BCUT2D eigenvalue weighted by atomic mass is 19.1. The summed E-state index contributed by atoms with van der Waals surface area (Å²) in [5, 5.41) is 11.5. The maximum absolute atomic E-state index is 12.8. The number of carbonyl (C=O) groups is 1. The Balaban J connectivity index is 1.78. The van der Waals surface area contributed by atoms with E-state index in [9.17, 15) is 9.18 Å². The van der Waals surface area contributed by atoms with Crippen molar-refractivity contribution in [2.24, 2.45) is 0 Å². The molecule has 1 amide bonds. The van der Waals surface area contributed by atoms with Gasteiger partial charge in [-0.05, 0) is 55.3 Å². The van der Waals surface area contributed by atoms with Crippen molar-refractivity contribution in [1.82, 2.24) is 5.32 Å². The number of hydrogen-bond donors (Lipinski definition) is 1. The SMILES string of the molecule is C[C@H](Oc1ccc(C#N)cc1)C(=O)NCCc1ccc(F)cc1. The van der Waals surface area contributed by atoms with Gasteiger partial charge in [0.05, 0.1) is 11.6 Å². The van der Waals surface area contributed by atoms with Crippen LogP contribution in [0.5, 0.6) is 5.75 Å². The van der Waals surface area contributed by atoms with Gasteiger partial charge in [-0.1, -0.05) is 12.1 Å². The Hall–Kier alpha value is -2.87. The van der Waals surface area contributed by atoms with Crippen molar-refractivity contribution in [3.63, 3.8) is 0 Å². The first-order valence-corrected chi connectivity index (χ1v) is 7.27. The molecule has 0 bridgehead atoms. The number of benzene rings is 2. The van der Waals surface area contributed by atoms with E-state index >= 15 is 0 Å². The average Bonchev–Trinajstić information content (AvgIpc) is 2.57. The van der Waals surface area contributed by atoms with Gasteiger partial charge in [0.15, 0.2) is 6.10 Å². The molecule has 5 heteroatoms. The summed E-state index contributed by atoms with van der Waals surface area (Å²) >= 11 is 0. The van der Waals surface area contributed by atoms with E-state index in [-0.39, 0.29) is 11.7 Å². The molecule has 1 N–H and O–H groups in total. The fraction of sp³-hybridized carbons (Fsp3) is 0.222. The number of nitrogens with zero attached hydrogens (tertiary/aromatic N) is 1. The zero-order valence-corrected chi connectivity index (χ0v) is 12.8. The molecule has 0 aliphatic rings. The second-order valence-corrected chi connectivity index (χ2v) is 5.06. The smallest absolute Gasteiger partial charge is 0.260 e. The van der Waals surface area contributed by atoms with Gasteiger partial charge in [-0.25, -0.2) is 4.39 Å². The summed E-state index contributed by atoms with van der Waals surface area (Å²) in [5.74, 6) is 0.0314. The molecule has 0 aliphatic heterocycles. The Morgan fingerprint density at radius 2 is 1.87 bits per heavy atom. The molecule has 0 radical (unpaired) electrons. The lowest BCUT2D eigenvalue weighted by atomic mass is 10.1. The van der Waals surface area contributed by atoms with Gasteiger partial charge in [0.1, 0.15) is 11.6 Å². The second kappa shape index (κ2) is 7.95. The number of hydrogen-bond acceptors (Lipinski definition) is 3. The van der Waals surface area contributed by atoms with Crippen LogP contribution >= 0.6 is 0 Å². The van der Waals surface area contributed by atoms with E-state index in [1.807, 2.05) is 6.07 Å². The number of ether oxygens (including phenoxy) is 1. The number of nitriles is 1. The van der Waals surface area contributed by atoms with Crippen molar-refractivity contribution in [1.29, 1.82) is 5.26 Å². The Labute approximate surface area is 134 Å². The Morgan fingerprint density at radius 3 is 2.48 bits per heavy atom. The van der Waals surface area contributed by atoms with Gasteiger partial charge in [-0.3, -0.25) is 4.79 Å². The summed E-state index contributed by atoms with van der Waals surface area (Å²) < 4.78 is 18.3. The average molecular weight is 312 g/mol. The van der Waals surface area contributed by atoms with Gasteiger partial charge in [0, 0.05) is 6.54 Å². The fourth-order valence-corrected chi connectivity index (χ4v) is 1.99. The first-order chi connectivity index (χ1) is 11.1. The fourth-order valence-electron chi connectivity index (χ4n) is 1.99. The van der Waals surface area contributed by atoms with E-state index in [0.717, 1.165) is 5.56 Å². The predicted octanol–water partition coefficient (Wildman–Crippen LogP) is 2.82. The summed E-state index contributed by atoms with van der Waals surface area (Å²) in [4.78, 5) is 12.0. The molecule has 0 aromatic heterocycles. The summed E-state index contributed by atoms with van der Waals surface area (Å²) in [6, 6.07) is 14.8. The van der Waals surface area contributed by atoms with E-state index < -0.39 is 6.10 Å². The molecule has 0 saturated heterocycles. The van der Waals surface area contributed by atoms with Crippen LogP contribution in [0.2, 0.25) is 0 Å². The van der Waals surface area contributed by atoms with Crippen LogP contribution < -0.4 is 10.1 Å². The maximum atomic E-state index is 12.8. The lowest BCUT2D eigenvalue weighted by Crippen LogP contribution is -2.37. The molecular weight excluding hydrogens is 295 g/mol. The topological polar surface area (TPSA) is 62.1 Å². The third-order valence-corrected chi connectivity index (χ3v) is 3.29. The molecule has 2 rings (SSSR count). The Morgan fingerprint density at radius 1 is 1.22 bits per heavy atom. The van der Waals surface area contributed by atoms with Crippen molar-refractivity contribution in [3.8, 4) is 11.8 Å². The molecule has 0 fully saturated rings. The minimum absolute atomic E-state index is 0.225. The van der Waals surface area contributed by atoms with E-state index in [0.29, 0.717) is 24.3 Å². The lowest BCUT2D eigenvalue weighted by molar-refractivity contribution is -0.127. The first-order valence-electron chi connectivity index (χ1n) is 7.27. The minimum Gasteiger partial charge on any atom is -0.481 e. The molecule has 0 spiro atoms. The maximum Gasteiger partial charge on any atom is 0.260 e. The summed E-state index contributed by atoms with van der Waals surface area (Å²) in [6.07, 6.45) is -0.0218. The predicted molar refractivity (Wildman–Crippen MR) is 84.4 cm³/mol. The van der Waals surface area contributed by atoms with Crippen LogP contribution in [0.1, 0.15) is 18.1 Å². The lowest BCUT2D eigenvalue weighted by Gasteiger charge is -2.14. The van der Waals surface area contributed by atoms with Gasteiger partial charge < -0.3 is 10.1 Å². The van der Waals surface area contributed by atoms with E-state index in [1.165, 1.54) is 12.1 Å². The molecule has 0 aliphatic carbocycles. The Kier molecular flexibility index (Phi) is 5.70. The number of amides is 1. The van der Waals surface area contributed by atoms with E-state index in [4.69, 9.17) is 10.00 Å². The third kappa shape index (κ3) is 5.11. The van der Waals surface area contributed by atoms with Crippen LogP contribution in [-0.2, 0) is 11.2 Å². The van der Waals surface area contributed by atoms with Gasteiger partial charge in [-0.15, -0.1) is 0 Å². The van der Waals surface area contributed by atoms with Gasteiger partial charge in [-0.2, -0.15) is 5.26 Å². The monoisotopic (exact) mass is 312 g/mol. The molecular formula is C18H17FN2O2. The molecule has 4 nitrogen and oxygen atoms in total. The van der Waals surface area contributed by atoms with Crippen molar-refractivity contribution in [2.75, 3.05) is 6.54 Å². The first kappa shape index (κ1) is 16.5. The molecule has 2 aromatic rings. The van der Waals surface area contributed by atoms with E-state index in [1.54, 1.807) is 43.3 Å². The molecule has 1 atom stereocenters. The number of halogens is 1. The highest BCUT2D eigenvalue weighted by Crippen LogP contribution is 2.13. The molecule has 0 saturated carbocycles. The number of rotatable bonds is 6. The van der Waals surface area contributed by atoms with Crippen LogP contribution in [0.3, 0.4) is 0 Å². The van der Waals surface area contributed by atoms with Gasteiger partial charge >= 0.3 is 0 Å². The standard InChI is InChI=1S/C18H17FN2O2/c1-13(23-17-8-4-15(12-20)5-9-17)18(22)21-11-10-14-2-6-16(19)7-3-14/h2-9,13H,10-11H2,1H3,(H,21,22)/t13-/m0/s1. The summed E-state index contributed by atoms with van der Waals surface area (Å²) in [5.41, 5.74) is 1.49. The zero-order chi connectivity index (χ0) is 16.7. The summed E-state index contributed by atoms with van der Waals surface area (Å²) in [7, 11) is 0. The highest BCUT2D eigenvalue weighted by Gasteiger charge is 2.14. The van der Waals surface area contributed by atoms with Crippen molar-refractivity contribution in [3.05, 3.63) is 65.5 Å². The number of carbonyl (C=O) groups excluding carboxylic acids is 1. The van der Waals surface area contributed by atoms with Crippen molar-refractivity contribution < 1.29 is 13.9 Å². The molecule has 0 heterocycles. The largest absolute Gasteiger partial charge is 0.481 e. The van der Waals surface area contributed by atoms with Crippen LogP contribution in [0.15, 0.2) is 48.5 Å². The molecule has 118 valence electrons. The minimum atomic E-state index is -0.642. The van der Waals surface area contributed by atoms with Crippen molar-refractivity contribution >= 4 is 5.91 Å². The van der Waals surface area contributed by atoms with Gasteiger partial charge in [0.2, 0.25) is 0 Å². The normalized spacial score (nSPS) is 11.3. The zero-order valence-electron chi connectivity index (χ0n) is 12.8. The quantitative estimate of drug-likeness (QED) is 0.892. The number of nitrogens with one attached hydrogen (secondary N) is 1. The third-order valence-electron chi connectivity index (χ3n) is 3.29. The van der Waals surface area contributed by atoms with E-state index in [2.05, 4.69) is 5.32 Å². The highest BCUT2D eigenvalue weighted by molar-refractivity contribution is 5.80. The Bertz CT molecular complexity index is 690. The second-order valence-electron chi connectivity index (χ2n) is 5.06. The van der Waals surface area contributed by atoms with Crippen LogP contribution in [-0.4, -0.2) is 18.6 Å². The molecule has 2 aromatic carbocycles. The van der Waals surface area contributed by atoms with Gasteiger partial charge in [0.25, 0.3) is 5.91 Å².